The molecule has 0 heterocycles. The van der Waals surface area contributed by atoms with Crippen LogP contribution < -0.4 is 11.1 Å². The van der Waals surface area contributed by atoms with Crippen LogP contribution in [0.5, 0.6) is 0 Å². The summed E-state index contributed by atoms with van der Waals surface area (Å²) in [5.41, 5.74) is 11.0. The molecule has 7 nitrogen and oxygen atoms in total. The summed E-state index contributed by atoms with van der Waals surface area (Å²) in [6.45, 7) is 0.692. The van der Waals surface area contributed by atoms with Crippen molar-refractivity contribution in [1.82, 2.24) is 15.1 Å². The zero-order valence-corrected chi connectivity index (χ0v) is 31.3. The minimum atomic E-state index is -0.639. The summed E-state index contributed by atoms with van der Waals surface area (Å²) in [4.78, 5) is 43.1. The molecule has 0 fully saturated rings. The fraction of sp³-hybridized carbons (Fsp3) is 0.250. The molecule has 0 aliphatic carbocycles. The largest absolute Gasteiger partial charge is 0.368 e. The Balaban J connectivity index is 1.31. The number of benzene rings is 5. The van der Waals surface area contributed by atoms with E-state index in [1.165, 1.54) is 16.0 Å². The lowest BCUT2D eigenvalue weighted by Crippen LogP contribution is -2.48. The van der Waals surface area contributed by atoms with Crippen LogP contribution in [0.1, 0.15) is 52.5 Å². The maximum absolute atomic E-state index is 14.0. The van der Waals surface area contributed by atoms with Crippen molar-refractivity contribution < 1.29 is 14.4 Å². The second-order valence-electron chi connectivity index (χ2n) is 13.1. The normalized spacial score (nSPS) is 11.1. The van der Waals surface area contributed by atoms with Crippen molar-refractivity contribution in [3.8, 4) is 0 Å². The molecule has 5 rings (SSSR count). The Morgan fingerprint density at radius 2 is 1.06 bits per heavy atom. The second kappa shape index (κ2) is 20.3. The topological polar surface area (TPSA) is 95.7 Å². The fourth-order valence-corrected chi connectivity index (χ4v) is 7.15. The van der Waals surface area contributed by atoms with Crippen LogP contribution in [-0.4, -0.2) is 66.8 Å². The SMILES string of the molecule is NC(=O)CN(CCc1ccc(Cl)cc1Cl)C(=O)CN(CCC(c1ccccc1)c1ccccc1)C(=O)CNCCC(c1ccccc1)c1ccccc1. The van der Waals surface area contributed by atoms with Gasteiger partial charge >= 0.3 is 0 Å². The van der Waals surface area contributed by atoms with E-state index in [1.807, 2.05) is 72.8 Å². The van der Waals surface area contributed by atoms with Crippen LogP contribution in [-0.2, 0) is 20.8 Å². The van der Waals surface area contributed by atoms with Gasteiger partial charge < -0.3 is 20.9 Å². The van der Waals surface area contributed by atoms with E-state index in [4.69, 9.17) is 28.9 Å². The summed E-state index contributed by atoms with van der Waals surface area (Å²) in [5, 5.41) is 4.34. The van der Waals surface area contributed by atoms with E-state index in [1.54, 1.807) is 23.1 Å². The lowest BCUT2D eigenvalue weighted by Gasteiger charge is -2.29. The Morgan fingerprint density at radius 3 is 1.53 bits per heavy atom. The molecular formula is C44H46Cl2N4O3. The summed E-state index contributed by atoms with van der Waals surface area (Å²) in [7, 11) is 0. The molecule has 0 saturated heterocycles. The van der Waals surface area contributed by atoms with Crippen LogP contribution in [0.2, 0.25) is 10.0 Å². The van der Waals surface area contributed by atoms with Gasteiger partial charge in [-0.25, -0.2) is 0 Å². The van der Waals surface area contributed by atoms with Gasteiger partial charge in [0, 0.05) is 35.0 Å². The highest BCUT2D eigenvalue weighted by atomic mass is 35.5. The number of rotatable bonds is 19. The predicted octanol–water partition coefficient (Wildman–Crippen LogP) is 7.71. The summed E-state index contributed by atoms with van der Waals surface area (Å²) in [6.07, 6.45) is 1.76. The van der Waals surface area contributed by atoms with Crippen LogP contribution in [0.3, 0.4) is 0 Å². The van der Waals surface area contributed by atoms with Crippen LogP contribution in [0.4, 0.5) is 0 Å². The first-order chi connectivity index (χ1) is 25.8. The zero-order valence-electron chi connectivity index (χ0n) is 29.8. The van der Waals surface area contributed by atoms with Crippen LogP contribution in [0.15, 0.2) is 140 Å². The lowest BCUT2D eigenvalue weighted by molar-refractivity contribution is -0.141. The molecular weight excluding hydrogens is 703 g/mol. The summed E-state index contributed by atoms with van der Waals surface area (Å²) < 4.78 is 0. The van der Waals surface area contributed by atoms with Crippen LogP contribution in [0, 0.1) is 0 Å². The molecule has 0 aliphatic rings. The molecule has 0 aromatic heterocycles. The van der Waals surface area contributed by atoms with E-state index in [0.29, 0.717) is 36.0 Å². The van der Waals surface area contributed by atoms with Gasteiger partial charge in [0.2, 0.25) is 17.7 Å². The lowest BCUT2D eigenvalue weighted by atomic mass is 9.88. The molecule has 0 bridgehead atoms. The van der Waals surface area contributed by atoms with E-state index >= 15 is 0 Å². The molecule has 0 atom stereocenters. The maximum Gasteiger partial charge on any atom is 0.242 e. The molecule has 53 heavy (non-hydrogen) atoms. The third kappa shape index (κ3) is 12.0. The van der Waals surface area contributed by atoms with Gasteiger partial charge in [0.25, 0.3) is 0 Å². The Morgan fingerprint density at radius 1 is 0.585 bits per heavy atom. The molecule has 3 amide bonds. The van der Waals surface area contributed by atoms with Gasteiger partial charge in [-0.05, 0) is 65.8 Å². The van der Waals surface area contributed by atoms with Crippen LogP contribution in [0.25, 0.3) is 0 Å². The molecule has 0 aliphatic heterocycles. The minimum Gasteiger partial charge on any atom is -0.368 e. The number of amides is 3. The van der Waals surface area contributed by atoms with Gasteiger partial charge in [-0.2, -0.15) is 0 Å². The number of carbonyl (C=O) groups excluding carboxylic acids is 3. The number of hydrogen-bond acceptors (Lipinski definition) is 4. The highest BCUT2D eigenvalue weighted by Crippen LogP contribution is 2.29. The molecule has 0 unspecified atom stereocenters. The highest BCUT2D eigenvalue weighted by molar-refractivity contribution is 6.35. The van der Waals surface area contributed by atoms with Gasteiger partial charge in [-0.15, -0.1) is 0 Å². The number of nitrogens with two attached hydrogens (primary N) is 1. The highest BCUT2D eigenvalue weighted by Gasteiger charge is 2.25. The van der Waals surface area contributed by atoms with Crippen molar-refractivity contribution in [3.63, 3.8) is 0 Å². The minimum absolute atomic E-state index is 0.00188. The first-order valence-corrected chi connectivity index (χ1v) is 18.7. The Bertz CT molecular complexity index is 1820. The molecule has 274 valence electrons. The molecule has 5 aromatic rings. The summed E-state index contributed by atoms with van der Waals surface area (Å²) in [6, 6.07) is 46.2. The van der Waals surface area contributed by atoms with Gasteiger partial charge in [0.05, 0.1) is 19.6 Å². The number of carbonyl (C=O) groups is 3. The van der Waals surface area contributed by atoms with Crippen molar-refractivity contribution in [2.24, 2.45) is 5.73 Å². The van der Waals surface area contributed by atoms with Gasteiger partial charge in [0.15, 0.2) is 0 Å². The average Bonchev–Trinajstić information content (AvgIpc) is 3.18. The predicted molar refractivity (Wildman–Crippen MR) is 214 cm³/mol. The van der Waals surface area contributed by atoms with E-state index in [9.17, 15) is 14.4 Å². The van der Waals surface area contributed by atoms with Crippen molar-refractivity contribution in [2.45, 2.75) is 31.1 Å². The Kier molecular flexibility index (Phi) is 15.1. The van der Waals surface area contributed by atoms with E-state index in [-0.39, 0.29) is 49.8 Å². The molecule has 0 saturated carbocycles. The molecule has 0 spiro atoms. The molecule has 5 aromatic carbocycles. The number of nitrogens with zero attached hydrogens (tertiary/aromatic N) is 2. The first-order valence-electron chi connectivity index (χ1n) is 18.0. The number of primary amides is 1. The Hall–Kier alpha value is -4.95. The molecule has 3 N–H and O–H groups in total. The maximum atomic E-state index is 14.0. The zero-order chi connectivity index (χ0) is 37.4. The first kappa shape index (κ1) is 39.3. The third-order valence-corrected chi connectivity index (χ3v) is 10.0. The third-order valence-electron chi connectivity index (χ3n) is 9.43. The van der Waals surface area contributed by atoms with Crippen molar-refractivity contribution in [3.05, 3.63) is 177 Å². The standard InChI is InChI=1S/C44H46Cl2N4O3/c45-38-22-21-37(41(46)29-38)24-27-49(31-42(47)51)44(53)32-50(28-25-40(35-17-9-3-10-18-35)36-19-11-4-12-20-36)43(52)30-48-26-23-39(33-13-5-1-6-14-33)34-15-7-2-8-16-34/h1-22,29,39-40,48H,23-28,30-32H2,(H2,47,51). The van der Waals surface area contributed by atoms with Gasteiger partial charge in [0.1, 0.15) is 0 Å². The molecule has 9 heteroatoms. The van der Waals surface area contributed by atoms with Crippen molar-refractivity contribution in [1.29, 1.82) is 0 Å². The van der Waals surface area contributed by atoms with Gasteiger partial charge in [-0.1, -0.05) is 151 Å². The van der Waals surface area contributed by atoms with Crippen LogP contribution >= 0.6 is 23.2 Å². The van der Waals surface area contributed by atoms with E-state index < -0.39 is 5.91 Å². The van der Waals surface area contributed by atoms with E-state index in [2.05, 4.69) is 53.8 Å². The van der Waals surface area contributed by atoms with E-state index in [0.717, 1.165) is 23.1 Å². The van der Waals surface area contributed by atoms with Crippen molar-refractivity contribution in [2.75, 3.05) is 39.3 Å². The fourth-order valence-electron chi connectivity index (χ4n) is 6.65. The number of nitrogens with one attached hydrogen (secondary N) is 1. The quantitative estimate of drug-likeness (QED) is 0.0847. The summed E-state index contributed by atoms with van der Waals surface area (Å²) in [5.74, 6) is -1.05. The smallest absolute Gasteiger partial charge is 0.242 e. The average molecular weight is 750 g/mol. The summed E-state index contributed by atoms with van der Waals surface area (Å²) >= 11 is 12.5. The second-order valence-corrected chi connectivity index (χ2v) is 13.9. The monoisotopic (exact) mass is 748 g/mol. The number of halogens is 2. The number of hydrogen-bond donors (Lipinski definition) is 2. The Labute approximate surface area is 322 Å². The van der Waals surface area contributed by atoms with Gasteiger partial charge in [-0.3, -0.25) is 14.4 Å². The molecule has 0 radical (unpaired) electrons. The van der Waals surface area contributed by atoms with Crippen molar-refractivity contribution >= 4 is 40.9 Å².